The number of rotatable bonds is 9. The summed E-state index contributed by atoms with van der Waals surface area (Å²) in [5, 5.41) is 4.01. The molecule has 2 rings (SSSR count). The van der Waals surface area contributed by atoms with Crippen LogP contribution in [0.3, 0.4) is 0 Å². The highest BCUT2D eigenvalue weighted by Gasteiger charge is 2.12. The van der Waals surface area contributed by atoms with Gasteiger partial charge in [0.2, 0.25) is 0 Å². The first-order chi connectivity index (χ1) is 13.5. The molecule has 0 spiro atoms. The van der Waals surface area contributed by atoms with Crippen molar-refractivity contribution in [3.05, 3.63) is 45.9 Å². The van der Waals surface area contributed by atoms with Gasteiger partial charge in [-0.1, -0.05) is 0 Å². The molecule has 0 heterocycles. The molecule has 0 saturated heterocycles. The number of hydrogen-bond donors (Lipinski definition) is 1. The molecule has 7 nitrogen and oxygen atoms in total. The van der Waals surface area contributed by atoms with Crippen LogP contribution in [0.15, 0.2) is 39.9 Å². The molecule has 150 valence electrons. The highest BCUT2D eigenvalue weighted by atomic mass is 79.9. The van der Waals surface area contributed by atoms with E-state index in [1.54, 1.807) is 38.5 Å². The zero-order chi connectivity index (χ0) is 20.5. The van der Waals surface area contributed by atoms with Crippen molar-refractivity contribution in [2.24, 2.45) is 5.10 Å². The maximum atomic E-state index is 12.3. The number of carbonyl (C=O) groups is 1. The second-order valence-corrected chi connectivity index (χ2v) is 6.32. The number of nitrogens with one attached hydrogen (secondary N) is 1. The van der Waals surface area contributed by atoms with E-state index in [2.05, 4.69) is 26.5 Å². The minimum Gasteiger partial charge on any atom is -0.493 e. The van der Waals surface area contributed by atoms with Gasteiger partial charge >= 0.3 is 0 Å². The van der Waals surface area contributed by atoms with Gasteiger partial charge in [-0.3, -0.25) is 4.79 Å². The molecule has 2 aromatic carbocycles. The van der Waals surface area contributed by atoms with Crippen molar-refractivity contribution in [3.8, 4) is 23.0 Å². The van der Waals surface area contributed by atoms with Gasteiger partial charge in [0.25, 0.3) is 5.91 Å². The zero-order valence-corrected chi connectivity index (χ0v) is 17.8. The number of methoxy groups -OCH3 is 2. The Bertz CT molecular complexity index is 855. The second-order valence-electron chi connectivity index (χ2n) is 5.46. The van der Waals surface area contributed by atoms with E-state index < -0.39 is 0 Å². The van der Waals surface area contributed by atoms with E-state index in [1.807, 2.05) is 19.9 Å². The largest absolute Gasteiger partial charge is 0.493 e. The van der Waals surface area contributed by atoms with Crippen molar-refractivity contribution in [1.82, 2.24) is 5.43 Å². The summed E-state index contributed by atoms with van der Waals surface area (Å²) >= 11 is 3.45. The van der Waals surface area contributed by atoms with Crippen molar-refractivity contribution in [3.63, 3.8) is 0 Å². The first-order valence-corrected chi connectivity index (χ1v) is 9.47. The Hall–Kier alpha value is -2.74. The van der Waals surface area contributed by atoms with E-state index >= 15 is 0 Å². The van der Waals surface area contributed by atoms with E-state index in [0.29, 0.717) is 41.8 Å². The van der Waals surface area contributed by atoms with Gasteiger partial charge in [0.1, 0.15) is 0 Å². The van der Waals surface area contributed by atoms with E-state index in [0.717, 1.165) is 10.0 Å². The van der Waals surface area contributed by atoms with E-state index in [4.69, 9.17) is 18.9 Å². The van der Waals surface area contributed by atoms with Crippen LogP contribution < -0.4 is 24.4 Å². The van der Waals surface area contributed by atoms with Crippen LogP contribution in [0.4, 0.5) is 0 Å². The molecule has 0 bridgehead atoms. The number of halogens is 1. The lowest BCUT2D eigenvalue weighted by molar-refractivity contribution is 0.0954. The minimum atomic E-state index is -0.364. The molecule has 0 unspecified atom stereocenters. The molecule has 0 atom stereocenters. The Morgan fingerprint density at radius 1 is 1.04 bits per heavy atom. The molecule has 0 aliphatic rings. The fourth-order valence-electron chi connectivity index (χ4n) is 2.41. The van der Waals surface area contributed by atoms with E-state index in [1.165, 1.54) is 6.21 Å². The van der Waals surface area contributed by atoms with E-state index in [-0.39, 0.29) is 5.91 Å². The predicted molar refractivity (Wildman–Crippen MR) is 111 cm³/mol. The minimum absolute atomic E-state index is 0.364. The Morgan fingerprint density at radius 3 is 2.39 bits per heavy atom. The molecule has 0 fully saturated rings. The maximum Gasteiger partial charge on any atom is 0.271 e. The lowest BCUT2D eigenvalue weighted by Gasteiger charge is -2.12. The van der Waals surface area contributed by atoms with Gasteiger partial charge in [-0.15, -0.1) is 0 Å². The Labute approximate surface area is 172 Å². The van der Waals surface area contributed by atoms with Crippen molar-refractivity contribution in [2.75, 3.05) is 27.4 Å². The summed E-state index contributed by atoms with van der Waals surface area (Å²) in [6, 6.07) is 8.53. The lowest BCUT2D eigenvalue weighted by atomic mass is 10.2. The van der Waals surface area contributed by atoms with Gasteiger partial charge in [-0.2, -0.15) is 5.10 Å². The van der Waals surface area contributed by atoms with Gasteiger partial charge in [-0.05, 0) is 65.7 Å². The summed E-state index contributed by atoms with van der Waals surface area (Å²) in [5.41, 5.74) is 3.64. The van der Waals surface area contributed by atoms with Crippen LogP contribution in [0.25, 0.3) is 0 Å². The summed E-state index contributed by atoms with van der Waals surface area (Å²) in [6.45, 7) is 4.74. The van der Waals surface area contributed by atoms with Crippen LogP contribution in [-0.2, 0) is 0 Å². The molecule has 0 aliphatic carbocycles. The van der Waals surface area contributed by atoms with Crippen LogP contribution in [0, 0.1) is 0 Å². The van der Waals surface area contributed by atoms with Gasteiger partial charge < -0.3 is 18.9 Å². The van der Waals surface area contributed by atoms with Crippen LogP contribution in [-0.4, -0.2) is 39.6 Å². The Kier molecular flexibility index (Phi) is 8.13. The number of hydrazone groups is 1. The molecule has 2 aromatic rings. The van der Waals surface area contributed by atoms with Crippen LogP contribution in [0.1, 0.15) is 29.8 Å². The monoisotopic (exact) mass is 450 g/mol. The van der Waals surface area contributed by atoms with Crippen LogP contribution >= 0.6 is 15.9 Å². The summed E-state index contributed by atoms with van der Waals surface area (Å²) in [7, 11) is 3.11. The summed E-state index contributed by atoms with van der Waals surface area (Å²) in [5.74, 6) is 1.89. The molecule has 0 saturated carbocycles. The van der Waals surface area contributed by atoms with Gasteiger partial charge in [0.05, 0.1) is 38.1 Å². The Morgan fingerprint density at radius 2 is 1.75 bits per heavy atom. The first kappa shape index (κ1) is 21.6. The maximum absolute atomic E-state index is 12.3. The zero-order valence-electron chi connectivity index (χ0n) is 16.2. The average molecular weight is 451 g/mol. The van der Waals surface area contributed by atoms with Gasteiger partial charge in [0, 0.05) is 5.56 Å². The fourth-order valence-corrected chi connectivity index (χ4v) is 2.99. The number of amides is 1. The van der Waals surface area contributed by atoms with Crippen LogP contribution in [0.2, 0.25) is 0 Å². The SMILES string of the molecule is CCOc1cc(C(=O)N/N=C/c2cc(Br)c(OCC)c(OC)c2)ccc1OC. The third-order valence-corrected chi connectivity index (χ3v) is 4.23. The van der Waals surface area contributed by atoms with Crippen molar-refractivity contribution in [1.29, 1.82) is 0 Å². The third kappa shape index (κ3) is 5.39. The average Bonchev–Trinajstić information content (AvgIpc) is 2.69. The molecule has 0 aliphatic heterocycles. The highest BCUT2D eigenvalue weighted by molar-refractivity contribution is 9.10. The normalized spacial score (nSPS) is 10.6. The lowest BCUT2D eigenvalue weighted by Crippen LogP contribution is -2.17. The number of ether oxygens (including phenoxy) is 4. The van der Waals surface area contributed by atoms with E-state index in [9.17, 15) is 4.79 Å². The Balaban J connectivity index is 2.13. The first-order valence-electron chi connectivity index (χ1n) is 8.68. The molecule has 28 heavy (non-hydrogen) atoms. The summed E-state index contributed by atoms with van der Waals surface area (Å²) < 4.78 is 22.3. The molecular weight excluding hydrogens is 428 g/mol. The number of benzene rings is 2. The molecule has 1 amide bonds. The summed E-state index contributed by atoms with van der Waals surface area (Å²) in [4.78, 5) is 12.3. The van der Waals surface area contributed by atoms with Gasteiger partial charge in [0.15, 0.2) is 23.0 Å². The van der Waals surface area contributed by atoms with Crippen LogP contribution in [0.5, 0.6) is 23.0 Å². The fraction of sp³-hybridized carbons (Fsp3) is 0.300. The van der Waals surface area contributed by atoms with Crippen molar-refractivity contribution < 1.29 is 23.7 Å². The van der Waals surface area contributed by atoms with Crippen molar-refractivity contribution in [2.45, 2.75) is 13.8 Å². The third-order valence-electron chi connectivity index (χ3n) is 3.65. The topological polar surface area (TPSA) is 78.4 Å². The number of carbonyl (C=O) groups excluding carboxylic acids is 1. The van der Waals surface area contributed by atoms with Gasteiger partial charge in [-0.25, -0.2) is 5.43 Å². The number of hydrogen-bond acceptors (Lipinski definition) is 6. The molecule has 1 N–H and O–H groups in total. The second kappa shape index (κ2) is 10.6. The standard InChI is InChI=1S/C20H23BrN2O5/c1-5-27-17-11-14(7-8-16(17)25-3)20(24)23-22-12-13-9-15(21)19(28-6-2)18(10-13)26-4/h7-12H,5-6H2,1-4H3,(H,23,24)/b22-12+. The van der Waals surface area contributed by atoms with Crippen molar-refractivity contribution >= 4 is 28.1 Å². The highest BCUT2D eigenvalue weighted by Crippen LogP contribution is 2.36. The quantitative estimate of drug-likeness (QED) is 0.460. The summed E-state index contributed by atoms with van der Waals surface area (Å²) in [6.07, 6.45) is 1.52. The molecule has 8 heteroatoms. The number of nitrogens with zero attached hydrogens (tertiary/aromatic N) is 1. The smallest absolute Gasteiger partial charge is 0.271 e. The molecule has 0 radical (unpaired) electrons. The molecular formula is C20H23BrN2O5. The predicted octanol–water partition coefficient (Wildman–Crippen LogP) is 4.03. The molecule has 0 aromatic heterocycles.